The van der Waals surface area contributed by atoms with E-state index in [-0.39, 0.29) is 82.9 Å². The van der Waals surface area contributed by atoms with E-state index in [2.05, 4.69) is 42.4 Å². The number of carbonyl (C=O) groups is 2. The zero-order valence-corrected chi connectivity index (χ0v) is 40.2. The number of likely N-dealkylation sites (tertiary alicyclic amines) is 2. The van der Waals surface area contributed by atoms with Gasteiger partial charge in [0.2, 0.25) is 11.8 Å². The molecule has 0 saturated carbocycles. The van der Waals surface area contributed by atoms with E-state index in [4.69, 9.17) is 17.6 Å². The monoisotopic (exact) mass is 1010 g/mol. The van der Waals surface area contributed by atoms with Gasteiger partial charge in [0.05, 0.1) is 33.1 Å². The van der Waals surface area contributed by atoms with Crippen molar-refractivity contribution >= 4 is 45.5 Å². The van der Waals surface area contributed by atoms with Crippen molar-refractivity contribution in [1.29, 1.82) is 0 Å². The maximum absolute atomic E-state index is 14.8. The van der Waals surface area contributed by atoms with E-state index in [9.17, 15) is 50.6 Å². The number of pyridine rings is 2. The summed E-state index contributed by atoms with van der Waals surface area (Å²) >= 11 is 0. The molecule has 8 rings (SSSR count). The fourth-order valence-electron chi connectivity index (χ4n) is 9.27. The number of aryl methyl sites for hydroxylation is 2. The van der Waals surface area contributed by atoms with Crippen LogP contribution in [0.25, 0.3) is 22.1 Å². The molecule has 0 bridgehead atoms. The first-order chi connectivity index (χ1) is 34.7. The van der Waals surface area contributed by atoms with Gasteiger partial charge in [-0.3, -0.25) is 28.3 Å². The standard InChI is InChI=1S/C26H26F3N5O3.C25H24F3N5O3/c1-5-20(16-7-6-8-17(21(16)27)22(28)29)32-23-18-13-19(25(36)33(3)24(18)31-14-30-23)26(37-4)9-11-34(12-10-26)15(2)35;1-4-19(15-6-5-7-16(20(15)26)21(27)28)31-22-17-12-18(24(35)32(3)23(17)30-13-29-22)25(36)8-10-33(11-9-25)14(2)34/h1,6-8,13-14,20,22H,9-12H2,2-4H3,(H,30,31,32);1,5-7,12-13,19,21,36H,8-11H2,2-3H3,(H,29,30,31)/t20-;19-/m11/s1. The third kappa shape index (κ3) is 10.3. The summed E-state index contributed by atoms with van der Waals surface area (Å²) < 4.78 is 91.0. The van der Waals surface area contributed by atoms with Gasteiger partial charge in [-0.05, 0) is 37.8 Å². The Morgan fingerprint density at radius 3 is 1.44 bits per heavy atom. The second-order valence-electron chi connectivity index (χ2n) is 17.6. The molecule has 2 fully saturated rings. The first-order valence-electron chi connectivity index (χ1n) is 22.8. The van der Waals surface area contributed by atoms with E-state index in [1.54, 1.807) is 22.9 Å². The highest BCUT2D eigenvalue weighted by Gasteiger charge is 2.41. The third-order valence-electron chi connectivity index (χ3n) is 13.5. The minimum Gasteiger partial charge on any atom is -0.385 e. The molecular weight excluding hydrogens is 963 g/mol. The van der Waals surface area contributed by atoms with Crippen LogP contribution in [0.15, 0.2) is 70.8 Å². The van der Waals surface area contributed by atoms with Gasteiger partial charge in [0, 0.05) is 77.9 Å². The molecule has 6 aromatic rings. The number of aliphatic hydroxyl groups is 1. The van der Waals surface area contributed by atoms with Crippen molar-refractivity contribution in [3.05, 3.63) is 127 Å². The number of hydrogen-bond acceptors (Lipinski definition) is 12. The highest BCUT2D eigenvalue weighted by Crippen LogP contribution is 2.38. The van der Waals surface area contributed by atoms with Crippen LogP contribution in [0.2, 0.25) is 0 Å². The van der Waals surface area contributed by atoms with Gasteiger partial charge in [-0.15, -0.1) is 12.8 Å². The van der Waals surface area contributed by atoms with Crippen LogP contribution in [0.3, 0.4) is 0 Å². The van der Waals surface area contributed by atoms with E-state index in [0.717, 1.165) is 12.1 Å². The van der Waals surface area contributed by atoms with Gasteiger partial charge in [-0.25, -0.2) is 46.3 Å². The predicted octanol–water partition coefficient (Wildman–Crippen LogP) is 6.70. The molecule has 3 N–H and O–H groups in total. The number of rotatable bonds is 11. The Balaban J connectivity index is 0.000000214. The number of ether oxygens (including phenoxy) is 1. The van der Waals surface area contributed by atoms with E-state index < -0.39 is 64.5 Å². The molecule has 0 radical (unpaired) electrons. The Hall–Kier alpha value is -7.82. The molecule has 6 heterocycles. The smallest absolute Gasteiger partial charge is 0.266 e. The Bertz CT molecular complexity index is 3300. The van der Waals surface area contributed by atoms with Crippen molar-refractivity contribution in [2.45, 2.75) is 75.7 Å². The lowest BCUT2D eigenvalue weighted by Crippen LogP contribution is -2.48. The number of benzene rings is 2. The van der Waals surface area contributed by atoms with Crippen LogP contribution >= 0.6 is 0 Å². The molecule has 22 heteroatoms. The minimum atomic E-state index is -3.02. The zero-order valence-electron chi connectivity index (χ0n) is 40.2. The second kappa shape index (κ2) is 21.5. The highest BCUT2D eigenvalue weighted by atomic mass is 19.3. The van der Waals surface area contributed by atoms with Gasteiger partial charge in [-0.2, -0.15) is 0 Å². The molecule has 0 spiro atoms. The van der Waals surface area contributed by atoms with Crippen LogP contribution in [0.1, 0.15) is 97.8 Å². The number of fused-ring (bicyclic) bond motifs is 2. The summed E-state index contributed by atoms with van der Waals surface area (Å²) in [5.41, 5.74) is -4.09. The van der Waals surface area contributed by atoms with Crippen molar-refractivity contribution in [3.8, 4) is 24.7 Å². The van der Waals surface area contributed by atoms with Crippen molar-refractivity contribution < 1.29 is 45.8 Å². The summed E-state index contributed by atoms with van der Waals surface area (Å²) in [5, 5.41) is 17.9. The lowest BCUT2D eigenvalue weighted by atomic mass is 9.84. The fourth-order valence-corrected chi connectivity index (χ4v) is 9.27. The zero-order chi connectivity index (χ0) is 53.1. The van der Waals surface area contributed by atoms with Crippen molar-refractivity contribution in [2.24, 2.45) is 14.1 Å². The topological polar surface area (TPSA) is 190 Å². The number of terminal acetylenes is 2. The Labute approximate surface area is 414 Å². The van der Waals surface area contributed by atoms with Crippen LogP contribution in [0.4, 0.5) is 38.0 Å². The van der Waals surface area contributed by atoms with Crippen LogP contribution in [0, 0.1) is 36.3 Å². The molecule has 2 saturated heterocycles. The SMILES string of the molecule is C#C[C@@H](Nc1ncnc2c1cc(C1(O)CCN(C(C)=O)CC1)c(=O)n2C)c1cccc(C(F)F)c1F.C#C[C@@H](Nc1ncnc2c1cc(C1(OC)CCN(C(C)=O)CC1)c(=O)n2C)c1cccc(C(F)F)c1F. The van der Waals surface area contributed by atoms with Crippen molar-refractivity contribution in [2.75, 3.05) is 43.9 Å². The number of piperidine rings is 2. The number of amides is 2. The van der Waals surface area contributed by atoms with E-state index in [0.29, 0.717) is 42.3 Å². The Morgan fingerprint density at radius 2 is 1.05 bits per heavy atom. The largest absolute Gasteiger partial charge is 0.385 e. The molecule has 2 aromatic carbocycles. The summed E-state index contributed by atoms with van der Waals surface area (Å²) in [4.78, 5) is 70.1. The van der Waals surface area contributed by atoms with Crippen molar-refractivity contribution in [1.82, 2.24) is 38.9 Å². The number of hydrogen-bond donors (Lipinski definition) is 3. The minimum absolute atomic E-state index is 0.0560. The van der Waals surface area contributed by atoms with Crippen molar-refractivity contribution in [3.63, 3.8) is 0 Å². The first kappa shape index (κ1) is 53.0. The average molecular weight is 1010 g/mol. The summed E-state index contributed by atoms with van der Waals surface area (Å²) in [6.07, 6.45) is 8.77. The average Bonchev–Trinajstić information content (AvgIpc) is 3.37. The molecule has 2 atom stereocenters. The molecule has 4 aromatic heterocycles. The highest BCUT2D eigenvalue weighted by molar-refractivity contribution is 5.88. The van der Waals surface area contributed by atoms with E-state index in [1.165, 1.54) is 80.1 Å². The molecule has 16 nitrogen and oxygen atoms in total. The molecule has 2 aliphatic heterocycles. The van der Waals surface area contributed by atoms with Crippen LogP contribution in [-0.2, 0) is 39.6 Å². The number of nitrogens with zero attached hydrogens (tertiary/aromatic N) is 8. The quantitative estimate of drug-likeness (QED) is 0.0922. The van der Waals surface area contributed by atoms with Gasteiger partial charge in [0.1, 0.15) is 64.9 Å². The van der Waals surface area contributed by atoms with Crippen LogP contribution in [0.5, 0.6) is 0 Å². The lowest BCUT2D eigenvalue weighted by Gasteiger charge is -2.40. The second-order valence-corrected chi connectivity index (χ2v) is 17.6. The number of alkyl halides is 4. The number of carbonyl (C=O) groups excluding carboxylic acids is 2. The van der Waals surface area contributed by atoms with Gasteiger partial charge in [0.15, 0.2) is 0 Å². The summed E-state index contributed by atoms with van der Waals surface area (Å²) in [7, 11) is 4.56. The summed E-state index contributed by atoms with van der Waals surface area (Å²) in [6.45, 7) is 4.33. The molecule has 73 heavy (non-hydrogen) atoms. The third-order valence-corrected chi connectivity index (χ3v) is 13.5. The molecule has 2 aliphatic rings. The number of aromatic nitrogens is 6. The molecule has 0 aliphatic carbocycles. The summed E-state index contributed by atoms with van der Waals surface area (Å²) in [5.74, 6) is 2.67. The predicted molar refractivity (Wildman–Crippen MR) is 258 cm³/mol. The number of nitrogens with one attached hydrogen (secondary N) is 2. The van der Waals surface area contributed by atoms with E-state index in [1.807, 2.05) is 0 Å². The van der Waals surface area contributed by atoms with Gasteiger partial charge >= 0.3 is 0 Å². The van der Waals surface area contributed by atoms with E-state index >= 15 is 0 Å². The van der Waals surface area contributed by atoms with Gasteiger partial charge in [-0.1, -0.05) is 48.2 Å². The first-order valence-corrected chi connectivity index (χ1v) is 22.8. The summed E-state index contributed by atoms with van der Waals surface area (Å²) in [6, 6.07) is 7.99. The molecule has 382 valence electrons. The Kier molecular flexibility index (Phi) is 15.6. The maximum Gasteiger partial charge on any atom is 0.266 e. The van der Waals surface area contributed by atoms with Gasteiger partial charge in [0.25, 0.3) is 24.0 Å². The van der Waals surface area contributed by atoms with Gasteiger partial charge < -0.3 is 30.3 Å². The lowest BCUT2D eigenvalue weighted by molar-refractivity contribution is -0.135. The molecule has 0 unspecified atom stereocenters. The molecule has 2 amide bonds. The normalized spacial score (nSPS) is 16.1. The maximum atomic E-state index is 14.8. The Morgan fingerprint density at radius 1 is 0.671 bits per heavy atom. The molecular formula is C51H50F6N10O6. The van der Waals surface area contributed by atoms with Crippen LogP contribution in [-0.4, -0.2) is 89.1 Å². The number of methoxy groups -OCH3 is 1. The van der Waals surface area contributed by atoms with Crippen LogP contribution < -0.4 is 21.8 Å². The number of halogens is 6. The number of anilines is 2. The fraction of sp³-hybridized carbons (Fsp3) is 0.373.